The van der Waals surface area contributed by atoms with Crippen LogP contribution in [0.1, 0.15) is 43.2 Å². The highest BCUT2D eigenvalue weighted by Gasteiger charge is 2.43. The molecular weight excluding hydrogens is 248 g/mol. The predicted octanol–water partition coefficient (Wildman–Crippen LogP) is 2.48. The zero-order valence-corrected chi connectivity index (χ0v) is 12.0. The molecule has 1 aromatic carbocycles. The minimum absolute atomic E-state index is 0.502. The van der Waals surface area contributed by atoms with Crippen molar-refractivity contribution in [3.63, 3.8) is 0 Å². The standard InChI is InChI=1S/C17H22N2O/c1-19-15-7-4-8-16(19)11-17(20,10-15)9-13-5-2-3-6-14(13)12-18/h2-3,5-6,15-16,20H,4,7-11H2,1H3. The van der Waals surface area contributed by atoms with Gasteiger partial charge in [-0.25, -0.2) is 0 Å². The highest BCUT2D eigenvalue weighted by Crippen LogP contribution is 2.39. The summed E-state index contributed by atoms with van der Waals surface area (Å²) in [6.07, 6.45) is 5.94. The number of piperidine rings is 2. The summed E-state index contributed by atoms with van der Waals surface area (Å²) in [6.45, 7) is 0. The maximum absolute atomic E-state index is 11.0. The summed E-state index contributed by atoms with van der Waals surface area (Å²) in [5.74, 6) is 0. The molecule has 106 valence electrons. The molecule has 0 spiro atoms. The van der Waals surface area contributed by atoms with Gasteiger partial charge in [0.1, 0.15) is 0 Å². The van der Waals surface area contributed by atoms with Crippen molar-refractivity contribution < 1.29 is 5.11 Å². The first-order valence-electron chi connectivity index (χ1n) is 7.54. The molecule has 2 unspecified atom stereocenters. The topological polar surface area (TPSA) is 47.3 Å². The van der Waals surface area contributed by atoms with Crippen LogP contribution >= 0.6 is 0 Å². The number of aliphatic hydroxyl groups is 1. The van der Waals surface area contributed by atoms with Gasteiger partial charge in [-0.1, -0.05) is 24.6 Å². The van der Waals surface area contributed by atoms with Crippen molar-refractivity contribution in [2.75, 3.05) is 7.05 Å². The van der Waals surface area contributed by atoms with Gasteiger partial charge in [-0.15, -0.1) is 0 Å². The van der Waals surface area contributed by atoms with Gasteiger partial charge in [0.05, 0.1) is 17.2 Å². The number of nitriles is 1. The molecule has 2 bridgehead atoms. The number of hydrogen-bond acceptors (Lipinski definition) is 3. The van der Waals surface area contributed by atoms with Gasteiger partial charge in [-0.2, -0.15) is 5.26 Å². The van der Waals surface area contributed by atoms with Crippen LogP contribution in [0.3, 0.4) is 0 Å². The van der Waals surface area contributed by atoms with Gasteiger partial charge in [0.25, 0.3) is 0 Å². The molecule has 1 aromatic rings. The number of benzene rings is 1. The second kappa shape index (κ2) is 5.20. The molecule has 0 amide bonds. The van der Waals surface area contributed by atoms with Crippen molar-refractivity contribution in [1.82, 2.24) is 4.90 Å². The number of fused-ring (bicyclic) bond motifs is 2. The number of rotatable bonds is 2. The van der Waals surface area contributed by atoms with E-state index in [1.807, 2.05) is 24.3 Å². The van der Waals surface area contributed by atoms with E-state index in [4.69, 9.17) is 0 Å². The molecule has 3 rings (SSSR count). The van der Waals surface area contributed by atoms with E-state index in [0.29, 0.717) is 24.1 Å². The van der Waals surface area contributed by atoms with E-state index >= 15 is 0 Å². The average Bonchev–Trinajstić information content (AvgIpc) is 2.41. The molecule has 2 aliphatic rings. The largest absolute Gasteiger partial charge is 0.389 e. The van der Waals surface area contributed by atoms with Gasteiger partial charge >= 0.3 is 0 Å². The highest BCUT2D eigenvalue weighted by atomic mass is 16.3. The summed E-state index contributed by atoms with van der Waals surface area (Å²) < 4.78 is 0. The normalized spacial score (nSPS) is 33.6. The molecule has 0 aromatic heterocycles. The molecule has 0 saturated carbocycles. The third-order valence-electron chi connectivity index (χ3n) is 5.12. The Morgan fingerprint density at radius 2 is 1.95 bits per heavy atom. The monoisotopic (exact) mass is 270 g/mol. The van der Waals surface area contributed by atoms with Crippen LogP contribution in [-0.4, -0.2) is 34.7 Å². The van der Waals surface area contributed by atoms with Gasteiger partial charge in [0.15, 0.2) is 0 Å². The maximum atomic E-state index is 11.0. The third kappa shape index (κ3) is 2.46. The van der Waals surface area contributed by atoms with Crippen molar-refractivity contribution in [3.05, 3.63) is 35.4 Å². The SMILES string of the molecule is CN1C2CCCC1CC(O)(Cc1ccccc1C#N)C2. The van der Waals surface area contributed by atoms with Crippen LogP contribution in [-0.2, 0) is 6.42 Å². The zero-order valence-electron chi connectivity index (χ0n) is 12.0. The Kier molecular flexibility index (Phi) is 3.54. The van der Waals surface area contributed by atoms with E-state index in [9.17, 15) is 10.4 Å². The van der Waals surface area contributed by atoms with Crippen LogP contribution in [0.15, 0.2) is 24.3 Å². The molecule has 2 heterocycles. The van der Waals surface area contributed by atoms with E-state index in [-0.39, 0.29) is 0 Å². The first kappa shape index (κ1) is 13.6. The number of nitrogens with zero attached hydrogens (tertiary/aromatic N) is 2. The van der Waals surface area contributed by atoms with Gasteiger partial charge in [-0.3, -0.25) is 0 Å². The lowest BCUT2D eigenvalue weighted by molar-refractivity contribution is -0.0820. The summed E-state index contributed by atoms with van der Waals surface area (Å²) in [4.78, 5) is 2.45. The molecule has 0 radical (unpaired) electrons. The van der Waals surface area contributed by atoms with Crippen molar-refractivity contribution >= 4 is 0 Å². The molecule has 0 aliphatic carbocycles. The molecular formula is C17H22N2O. The minimum Gasteiger partial charge on any atom is -0.389 e. The van der Waals surface area contributed by atoms with Gasteiger partial charge in [0.2, 0.25) is 0 Å². The molecule has 1 N–H and O–H groups in total. The molecule has 3 heteroatoms. The summed E-state index contributed by atoms with van der Waals surface area (Å²) in [5, 5.41) is 20.2. The van der Waals surface area contributed by atoms with Gasteiger partial charge in [0, 0.05) is 18.5 Å². The van der Waals surface area contributed by atoms with E-state index in [1.165, 1.54) is 19.3 Å². The Labute approximate surface area is 120 Å². The molecule has 2 aliphatic heterocycles. The van der Waals surface area contributed by atoms with Crippen molar-refractivity contribution in [3.8, 4) is 6.07 Å². The quantitative estimate of drug-likeness (QED) is 0.898. The Morgan fingerprint density at radius 1 is 1.30 bits per heavy atom. The Bertz CT molecular complexity index is 520. The Balaban J connectivity index is 1.82. The summed E-state index contributed by atoms with van der Waals surface area (Å²) in [5.41, 5.74) is 1.04. The molecule has 2 fully saturated rings. The minimum atomic E-state index is -0.644. The van der Waals surface area contributed by atoms with Crippen LogP contribution in [0.2, 0.25) is 0 Å². The Hall–Kier alpha value is -1.37. The number of hydrogen-bond donors (Lipinski definition) is 1. The maximum Gasteiger partial charge on any atom is 0.0994 e. The lowest BCUT2D eigenvalue weighted by Gasteiger charge is -2.50. The Morgan fingerprint density at radius 3 is 2.60 bits per heavy atom. The fourth-order valence-corrected chi connectivity index (χ4v) is 4.03. The summed E-state index contributed by atoms with van der Waals surface area (Å²) in [6, 6.07) is 10.9. The van der Waals surface area contributed by atoms with Crippen LogP contribution in [0.4, 0.5) is 0 Å². The molecule has 2 atom stereocenters. The zero-order chi connectivity index (χ0) is 14.2. The van der Waals surface area contributed by atoms with E-state index in [0.717, 1.165) is 18.4 Å². The fraction of sp³-hybridized carbons (Fsp3) is 0.588. The van der Waals surface area contributed by atoms with Crippen LogP contribution in [0, 0.1) is 11.3 Å². The molecule has 2 saturated heterocycles. The van der Waals surface area contributed by atoms with Gasteiger partial charge in [-0.05, 0) is 44.4 Å². The summed E-state index contributed by atoms with van der Waals surface area (Å²) in [7, 11) is 2.19. The second-order valence-electron chi connectivity index (χ2n) is 6.48. The average molecular weight is 270 g/mol. The smallest absolute Gasteiger partial charge is 0.0994 e. The lowest BCUT2D eigenvalue weighted by Crippen LogP contribution is -2.57. The second-order valence-corrected chi connectivity index (χ2v) is 6.48. The van der Waals surface area contributed by atoms with Crippen molar-refractivity contribution in [2.45, 2.75) is 56.2 Å². The van der Waals surface area contributed by atoms with Crippen LogP contribution in [0.5, 0.6) is 0 Å². The van der Waals surface area contributed by atoms with E-state index < -0.39 is 5.60 Å². The van der Waals surface area contributed by atoms with Gasteiger partial charge < -0.3 is 10.0 Å². The fourth-order valence-electron chi connectivity index (χ4n) is 4.03. The van der Waals surface area contributed by atoms with Crippen molar-refractivity contribution in [1.29, 1.82) is 5.26 Å². The third-order valence-corrected chi connectivity index (χ3v) is 5.12. The van der Waals surface area contributed by atoms with Crippen molar-refractivity contribution in [2.24, 2.45) is 0 Å². The van der Waals surface area contributed by atoms with E-state index in [2.05, 4.69) is 18.0 Å². The molecule has 20 heavy (non-hydrogen) atoms. The first-order chi connectivity index (χ1) is 9.61. The molecule has 3 nitrogen and oxygen atoms in total. The lowest BCUT2D eigenvalue weighted by atomic mass is 9.73. The highest BCUT2D eigenvalue weighted by molar-refractivity contribution is 5.38. The predicted molar refractivity (Wildman–Crippen MR) is 78.2 cm³/mol. The van der Waals surface area contributed by atoms with Crippen LogP contribution in [0.25, 0.3) is 0 Å². The van der Waals surface area contributed by atoms with E-state index in [1.54, 1.807) is 0 Å². The van der Waals surface area contributed by atoms with Crippen LogP contribution < -0.4 is 0 Å². The first-order valence-corrected chi connectivity index (χ1v) is 7.54. The summed E-state index contributed by atoms with van der Waals surface area (Å²) >= 11 is 0.